The second-order valence-corrected chi connectivity index (χ2v) is 5.14. The molecular formula is C15H23N3O2. The van der Waals surface area contributed by atoms with Gasteiger partial charge in [0, 0.05) is 32.0 Å². The Hall–Kier alpha value is -1.62. The van der Waals surface area contributed by atoms with Crippen molar-refractivity contribution in [3.8, 4) is 0 Å². The van der Waals surface area contributed by atoms with E-state index in [1.807, 2.05) is 6.92 Å². The van der Waals surface area contributed by atoms with Crippen molar-refractivity contribution < 1.29 is 9.53 Å². The van der Waals surface area contributed by atoms with Gasteiger partial charge in [0.1, 0.15) is 5.82 Å². The summed E-state index contributed by atoms with van der Waals surface area (Å²) in [5.74, 6) is 1.08. The summed E-state index contributed by atoms with van der Waals surface area (Å²) in [6.45, 7) is 6.38. The summed E-state index contributed by atoms with van der Waals surface area (Å²) in [4.78, 5) is 16.6. The Morgan fingerprint density at radius 1 is 1.50 bits per heavy atom. The first-order valence-corrected chi connectivity index (χ1v) is 7.30. The quantitative estimate of drug-likeness (QED) is 0.864. The minimum absolute atomic E-state index is 0.0620. The summed E-state index contributed by atoms with van der Waals surface area (Å²) in [6, 6.07) is 3.74. The highest BCUT2D eigenvalue weighted by Gasteiger charge is 2.23. The molecule has 20 heavy (non-hydrogen) atoms. The molecule has 1 fully saturated rings. The predicted molar refractivity (Wildman–Crippen MR) is 78.9 cm³/mol. The van der Waals surface area contributed by atoms with Crippen LogP contribution < -0.4 is 10.6 Å². The van der Waals surface area contributed by atoms with E-state index in [0.29, 0.717) is 17.3 Å². The van der Waals surface area contributed by atoms with Gasteiger partial charge in [0.15, 0.2) is 0 Å². The number of nitrogens with zero attached hydrogens (tertiary/aromatic N) is 1. The molecule has 0 radical (unpaired) electrons. The highest BCUT2D eigenvalue weighted by atomic mass is 16.5. The van der Waals surface area contributed by atoms with Gasteiger partial charge >= 0.3 is 0 Å². The van der Waals surface area contributed by atoms with Crippen LogP contribution >= 0.6 is 0 Å². The first kappa shape index (κ1) is 14.8. The number of carbonyl (C=O) groups excluding carboxylic acids is 1. The third kappa shape index (κ3) is 3.70. The van der Waals surface area contributed by atoms with Gasteiger partial charge in [0.2, 0.25) is 0 Å². The Balaban J connectivity index is 2.00. The molecule has 1 atom stereocenters. The lowest BCUT2D eigenvalue weighted by molar-refractivity contribution is 0.0538. The molecule has 0 aromatic carbocycles. The van der Waals surface area contributed by atoms with Crippen LogP contribution in [0.3, 0.4) is 0 Å². The van der Waals surface area contributed by atoms with Gasteiger partial charge in [-0.05, 0) is 44.7 Å². The average molecular weight is 277 g/mol. The van der Waals surface area contributed by atoms with Crippen molar-refractivity contribution in [2.24, 2.45) is 5.92 Å². The zero-order valence-electron chi connectivity index (χ0n) is 12.2. The van der Waals surface area contributed by atoms with Gasteiger partial charge < -0.3 is 15.4 Å². The summed E-state index contributed by atoms with van der Waals surface area (Å²) in [6.07, 6.45) is 3.71. The van der Waals surface area contributed by atoms with Crippen molar-refractivity contribution in [1.82, 2.24) is 10.3 Å². The second-order valence-electron chi connectivity index (χ2n) is 5.14. The van der Waals surface area contributed by atoms with Crippen LogP contribution in [0.25, 0.3) is 0 Å². The van der Waals surface area contributed by atoms with E-state index in [9.17, 15) is 4.79 Å². The maximum absolute atomic E-state index is 12.4. The van der Waals surface area contributed by atoms with E-state index in [-0.39, 0.29) is 11.9 Å². The van der Waals surface area contributed by atoms with E-state index in [0.717, 1.165) is 32.6 Å². The lowest BCUT2D eigenvalue weighted by Gasteiger charge is -2.28. The molecule has 1 aromatic rings. The molecule has 1 aliphatic heterocycles. The molecule has 0 bridgehead atoms. The number of aromatic nitrogens is 1. The molecule has 110 valence electrons. The number of carbonyl (C=O) groups is 1. The van der Waals surface area contributed by atoms with Gasteiger partial charge in [0.25, 0.3) is 5.91 Å². The van der Waals surface area contributed by atoms with Crippen molar-refractivity contribution in [2.45, 2.75) is 32.7 Å². The molecule has 1 aliphatic rings. The fourth-order valence-corrected chi connectivity index (χ4v) is 2.52. The summed E-state index contributed by atoms with van der Waals surface area (Å²) < 4.78 is 5.36. The van der Waals surface area contributed by atoms with Crippen molar-refractivity contribution in [3.05, 3.63) is 23.9 Å². The zero-order valence-corrected chi connectivity index (χ0v) is 12.2. The Labute approximate surface area is 120 Å². The standard InChI is InChI=1S/C15H23N3O2/c1-3-16-14-13(5-4-8-17-14)15(19)18-11(2)12-6-9-20-10-7-12/h4-5,8,11-12H,3,6-7,9-10H2,1-2H3,(H,16,17)(H,18,19). The van der Waals surface area contributed by atoms with Crippen LogP contribution in [0.4, 0.5) is 5.82 Å². The summed E-state index contributed by atoms with van der Waals surface area (Å²) in [5.41, 5.74) is 0.605. The van der Waals surface area contributed by atoms with Gasteiger partial charge in [-0.15, -0.1) is 0 Å². The van der Waals surface area contributed by atoms with Crippen LogP contribution in [0.15, 0.2) is 18.3 Å². The van der Waals surface area contributed by atoms with Gasteiger partial charge in [0.05, 0.1) is 5.56 Å². The van der Waals surface area contributed by atoms with Gasteiger partial charge in [-0.1, -0.05) is 0 Å². The summed E-state index contributed by atoms with van der Waals surface area (Å²) in [7, 11) is 0. The topological polar surface area (TPSA) is 63.2 Å². The van der Waals surface area contributed by atoms with Gasteiger partial charge in [-0.25, -0.2) is 4.98 Å². The number of hydrogen-bond acceptors (Lipinski definition) is 4. The largest absolute Gasteiger partial charge is 0.381 e. The Kier molecular flexibility index (Phi) is 5.35. The van der Waals surface area contributed by atoms with Gasteiger partial charge in [-0.2, -0.15) is 0 Å². The molecule has 1 aromatic heterocycles. The molecule has 1 unspecified atom stereocenters. The van der Waals surface area contributed by atoms with Crippen LogP contribution in [-0.2, 0) is 4.74 Å². The number of rotatable bonds is 5. The van der Waals surface area contributed by atoms with E-state index < -0.39 is 0 Å². The molecule has 0 spiro atoms. The smallest absolute Gasteiger partial charge is 0.255 e. The van der Waals surface area contributed by atoms with E-state index in [1.165, 1.54) is 0 Å². The maximum Gasteiger partial charge on any atom is 0.255 e. The molecule has 2 heterocycles. The first-order valence-electron chi connectivity index (χ1n) is 7.30. The van der Waals surface area contributed by atoms with Crippen LogP contribution in [0.1, 0.15) is 37.0 Å². The molecule has 1 amide bonds. The fraction of sp³-hybridized carbons (Fsp3) is 0.600. The predicted octanol–water partition coefficient (Wildman–Crippen LogP) is 2.06. The van der Waals surface area contributed by atoms with E-state index in [2.05, 4.69) is 22.5 Å². The normalized spacial score (nSPS) is 17.5. The first-order chi connectivity index (χ1) is 9.72. The average Bonchev–Trinajstić information content (AvgIpc) is 2.49. The van der Waals surface area contributed by atoms with Gasteiger partial charge in [-0.3, -0.25) is 4.79 Å². The number of hydrogen-bond donors (Lipinski definition) is 2. The van der Waals surface area contributed by atoms with E-state index in [4.69, 9.17) is 4.74 Å². The minimum atomic E-state index is -0.0620. The third-order valence-corrected chi connectivity index (χ3v) is 3.73. The van der Waals surface area contributed by atoms with Crippen molar-refractivity contribution in [1.29, 1.82) is 0 Å². The lowest BCUT2D eigenvalue weighted by Crippen LogP contribution is -2.40. The minimum Gasteiger partial charge on any atom is -0.381 e. The van der Waals surface area contributed by atoms with Crippen LogP contribution in [0.2, 0.25) is 0 Å². The summed E-state index contributed by atoms with van der Waals surface area (Å²) in [5, 5.41) is 6.21. The maximum atomic E-state index is 12.4. The van der Waals surface area contributed by atoms with E-state index in [1.54, 1.807) is 18.3 Å². The fourth-order valence-electron chi connectivity index (χ4n) is 2.52. The molecular weight excluding hydrogens is 254 g/mol. The second kappa shape index (κ2) is 7.24. The number of nitrogens with one attached hydrogen (secondary N) is 2. The van der Waals surface area contributed by atoms with Crippen molar-refractivity contribution >= 4 is 11.7 Å². The van der Waals surface area contributed by atoms with Crippen LogP contribution in [0, 0.1) is 5.92 Å². The molecule has 2 N–H and O–H groups in total. The molecule has 5 nitrogen and oxygen atoms in total. The summed E-state index contributed by atoms with van der Waals surface area (Å²) >= 11 is 0. The Morgan fingerprint density at radius 3 is 2.95 bits per heavy atom. The molecule has 5 heteroatoms. The molecule has 2 rings (SSSR count). The van der Waals surface area contributed by atoms with Crippen molar-refractivity contribution in [2.75, 3.05) is 25.1 Å². The monoisotopic (exact) mass is 277 g/mol. The molecule has 1 saturated heterocycles. The number of ether oxygens (including phenoxy) is 1. The van der Waals surface area contributed by atoms with Crippen molar-refractivity contribution in [3.63, 3.8) is 0 Å². The number of anilines is 1. The van der Waals surface area contributed by atoms with E-state index >= 15 is 0 Å². The zero-order chi connectivity index (χ0) is 14.4. The van der Waals surface area contributed by atoms with Crippen LogP contribution in [0.5, 0.6) is 0 Å². The highest BCUT2D eigenvalue weighted by molar-refractivity contribution is 5.98. The Bertz CT molecular complexity index is 444. The highest BCUT2D eigenvalue weighted by Crippen LogP contribution is 2.19. The molecule has 0 saturated carbocycles. The number of pyridine rings is 1. The molecule has 0 aliphatic carbocycles. The Morgan fingerprint density at radius 2 is 2.25 bits per heavy atom. The SMILES string of the molecule is CCNc1ncccc1C(=O)NC(C)C1CCOCC1. The lowest BCUT2D eigenvalue weighted by atomic mass is 9.93. The third-order valence-electron chi connectivity index (χ3n) is 3.73. The van der Waals surface area contributed by atoms with Crippen LogP contribution in [-0.4, -0.2) is 36.7 Å². The number of amides is 1.